The van der Waals surface area contributed by atoms with Crippen LogP contribution in [0.2, 0.25) is 0 Å². The van der Waals surface area contributed by atoms with Crippen LogP contribution in [-0.2, 0) is 0 Å². The number of benzene rings is 1. The maximum atomic E-state index is 12.0. The first-order valence-corrected chi connectivity index (χ1v) is 5.77. The Bertz CT molecular complexity index is 471. The summed E-state index contributed by atoms with van der Waals surface area (Å²) in [6, 6.07) is 3.39. The average Bonchev–Trinajstić information content (AvgIpc) is 2.43. The number of aliphatic hydroxyl groups is 1. The normalized spacial score (nSPS) is 11.7. The number of ether oxygens (including phenoxy) is 1. The van der Waals surface area contributed by atoms with Gasteiger partial charge in [-0.2, -0.15) is 0 Å². The van der Waals surface area contributed by atoms with E-state index in [2.05, 4.69) is 5.32 Å². The molecule has 0 saturated carbocycles. The lowest BCUT2D eigenvalue weighted by Crippen LogP contribution is -2.37. The van der Waals surface area contributed by atoms with E-state index in [0.29, 0.717) is 6.42 Å². The summed E-state index contributed by atoms with van der Waals surface area (Å²) in [6.45, 7) is 1.62. The molecule has 104 valence electrons. The largest absolute Gasteiger partial charge is 0.496 e. The Morgan fingerprint density at radius 3 is 2.74 bits per heavy atom. The first-order chi connectivity index (χ1) is 9.03. The molecule has 1 atom stereocenters. The van der Waals surface area contributed by atoms with Gasteiger partial charge < -0.3 is 15.2 Å². The third-order valence-corrected chi connectivity index (χ3v) is 2.69. The van der Waals surface area contributed by atoms with Gasteiger partial charge >= 0.3 is 0 Å². The van der Waals surface area contributed by atoms with Gasteiger partial charge in [0.25, 0.3) is 11.6 Å². The van der Waals surface area contributed by atoms with Gasteiger partial charge in [0.2, 0.25) is 0 Å². The van der Waals surface area contributed by atoms with E-state index < -0.39 is 16.9 Å². The lowest BCUT2D eigenvalue weighted by Gasteiger charge is -2.15. The number of methoxy groups -OCH3 is 1. The van der Waals surface area contributed by atoms with Crippen LogP contribution in [0, 0.1) is 10.1 Å². The Balaban J connectivity index is 3.05. The molecule has 0 aliphatic carbocycles. The molecule has 0 bridgehead atoms. The summed E-state index contributed by atoms with van der Waals surface area (Å²) >= 11 is 0. The predicted octanol–water partition coefficient (Wildman–Crippen LogP) is 1.10. The van der Waals surface area contributed by atoms with E-state index in [9.17, 15) is 14.9 Å². The number of rotatable bonds is 6. The number of carbonyl (C=O) groups is 1. The molecular weight excluding hydrogens is 252 g/mol. The fraction of sp³-hybridized carbons (Fsp3) is 0.417. The van der Waals surface area contributed by atoms with Gasteiger partial charge in [0.1, 0.15) is 5.75 Å². The molecule has 0 aromatic heterocycles. The van der Waals surface area contributed by atoms with Gasteiger partial charge in [-0.05, 0) is 12.5 Å². The van der Waals surface area contributed by atoms with E-state index in [4.69, 9.17) is 9.84 Å². The van der Waals surface area contributed by atoms with E-state index in [1.54, 1.807) is 0 Å². The molecule has 19 heavy (non-hydrogen) atoms. The van der Waals surface area contributed by atoms with Gasteiger partial charge in [0.15, 0.2) is 0 Å². The molecule has 0 aliphatic heterocycles. The molecule has 0 unspecified atom stereocenters. The third-order valence-electron chi connectivity index (χ3n) is 2.69. The van der Waals surface area contributed by atoms with Crippen molar-refractivity contribution in [3.63, 3.8) is 0 Å². The van der Waals surface area contributed by atoms with Crippen molar-refractivity contribution in [1.82, 2.24) is 5.32 Å². The van der Waals surface area contributed by atoms with E-state index in [1.165, 1.54) is 19.2 Å². The van der Waals surface area contributed by atoms with Gasteiger partial charge in [-0.3, -0.25) is 14.9 Å². The Kier molecular flexibility index (Phi) is 5.25. The number of nitro groups is 1. The van der Waals surface area contributed by atoms with Crippen molar-refractivity contribution in [1.29, 1.82) is 0 Å². The molecule has 0 fully saturated rings. The SMILES string of the molecule is CC[C@H](CO)NC(=O)c1cc([N+](=O)[O-])ccc1OC. The molecule has 7 heteroatoms. The molecular formula is C12H16N2O5. The number of nitro benzene ring substituents is 1. The highest BCUT2D eigenvalue weighted by Gasteiger charge is 2.19. The number of non-ortho nitro benzene ring substituents is 1. The van der Waals surface area contributed by atoms with Crippen molar-refractivity contribution in [2.45, 2.75) is 19.4 Å². The Morgan fingerprint density at radius 2 is 2.26 bits per heavy atom. The number of hydrogen-bond donors (Lipinski definition) is 2. The Hall–Kier alpha value is -2.15. The first-order valence-electron chi connectivity index (χ1n) is 5.77. The minimum atomic E-state index is -0.584. The maximum Gasteiger partial charge on any atom is 0.270 e. The standard InChI is InChI=1S/C12H16N2O5/c1-3-8(7-15)13-12(16)10-6-9(14(17)18)4-5-11(10)19-2/h4-6,8,15H,3,7H2,1-2H3,(H,13,16)/t8-/m1/s1. The fourth-order valence-corrected chi connectivity index (χ4v) is 1.53. The lowest BCUT2D eigenvalue weighted by atomic mass is 10.1. The average molecular weight is 268 g/mol. The van der Waals surface area contributed by atoms with Crippen LogP contribution in [0.3, 0.4) is 0 Å². The number of aliphatic hydroxyl groups excluding tert-OH is 1. The molecule has 7 nitrogen and oxygen atoms in total. The molecule has 0 aliphatic rings. The zero-order chi connectivity index (χ0) is 14.4. The molecule has 0 saturated heterocycles. The van der Waals surface area contributed by atoms with Crippen LogP contribution in [0.1, 0.15) is 23.7 Å². The van der Waals surface area contributed by atoms with Crippen LogP contribution in [0.5, 0.6) is 5.75 Å². The van der Waals surface area contributed by atoms with Crippen molar-refractivity contribution < 1.29 is 19.6 Å². The molecule has 0 spiro atoms. The highest BCUT2D eigenvalue weighted by Crippen LogP contribution is 2.24. The van der Waals surface area contributed by atoms with Gasteiger partial charge in [0.05, 0.1) is 30.2 Å². The number of amides is 1. The van der Waals surface area contributed by atoms with Crippen LogP contribution in [0.15, 0.2) is 18.2 Å². The van der Waals surface area contributed by atoms with E-state index in [1.807, 2.05) is 6.92 Å². The monoisotopic (exact) mass is 268 g/mol. The van der Waals surface area contributed by atoms with Crippen molar-refractivity contribution in [3.8, 4) is 5.75 Å². The molecule has 1 amide bonds. The molecule has 0 heterocycles. The summed E-state index contributed by atoms with van der Waals surface area (Å²) in [5, 5.41) is 22.3. The summed E-state index contributed by atoms with van der Waals surface area (Å²) in [5.74, 6) is -0.266. The third kappa shape index (κ3) is 3.65. The molecule has 1 aromatic carbocycles. The number of nitrogens with zero attached hydrogens (tertiary/aromatic N) is 1. The van der Waals surface area contributed by atoms with Crippen LogP contribution in [0.25, 0.3) is 0 Å². The van der Waals surface area contributed by atoms with Crippen molar-refractivity contribution in [2.75, 3.05) is 13.7 Å². The van der Waals surface area contributed by atoms with Crippen molar-refractivity contribution in [3.05, 3.63) is 33.9 Å². The second-order valence-electron chi connectivity index (χ2n) is 3.90. The maximum absolute atomic E-state index is 12.0. The molecule has 1 aromatic rings. The number of carbonyl (C=O) groups excluding carboxylic acids is 1. The van der Waals surface area contributed by atoms with Crippen LogP contribution < -0.4 is 10.1 Å². The molecule has 0 radical (unpaired) electrons. The highest BCUT2D eigenvalue weighted by atomic mass is 16.6. The highest BCUT2D eigenvalue weighted by molar-refractivity contribution is 5.97. The van der Waals surface area contributed by atoms with Gasteiger partial charge in [-0.1, -0.05) is 6.92 Å². The van der Waals surface area contributed by atoms with Crippen LogP contribution >= 0.6 is 0 Å². The lowest BCUT2D eigenvalue weighted by molar-refractivity contribution is -0.384. The molecule has 1 rings (SSSR count). The van der Waals surface area contributed by atoms with E-state index >= 15 is 0 Å². The second-order valence-corrected chi connectivity index (χ2v) is 3.90. The smallest absolute Gasteiger partial charge is 0.270 e. The summed E-state index contributed by atoms with van der Waals surface area (Å²) < 4.78 is 5.00. The quantitative estimate of drug-likeness (QED) is 0.594. The minimum Gasteiger partial charge on any atom is -0.496 e. The van der Waals surface area contributed by atoms with Gasteiger partial charge in [-0.15, -0.1) is 0 Å². The van der Waals surface area contributed by atoms with Gasteiger partial charge in [0, 0.05) is 12.1 Å². The molecule has 2 N–H and O–H groups in total. The number of hydrogen-bond acceptors (Lipinski definition) is 5. The Morgan fingerprint density at radius 1 is 1.58 bits per heavy atom. The van der Waals surface area contributed by atoms with Crippen LogP contribution in [-0.4, -0.2) is 35.7 Å². The Labute approximate surface area is 110 Å². The summed E-state index contributed by atoms with van der Waals surface area (Å²) in [7, 11) is 1.38. The van der Waals surface area contributed by atoms with Crippen molar-refractivity contribution >= 4 is 11.6 Å². The number of nitrogens with one attached hydrogen (secondary N) is 1. The zero-order valence-electron chi connectivity index (χ0n) is 10.8. The summed E-state index contributed by atoms with van der Waals surface area (Å²) in [5.41, 5.74) is -0.119. The zero-order valence-corrected chi connectivity index (χ0v) is 10.8. The van der Waals surface area contributed by atoms with Crippen LogP contribution in [0.4, 0.5) is 5.69 Å². The summed E-state index contributed by atoms with van der Waals surface area (Å²) in [6.07, 6.45) is 0.555. The predicted molar refractivity (Wildman–Crippen MR) is 68.3 cm³/mol. The van der Waals surface area contributed by atoms with E-state index in [0.717, 1.165) is 6.07 Å². The fourth-order valence-electron chi connectivity index (χ4n) is 1.53. The minimum absolute atomic E-state index is 0.0728. The summed E-state index contributed by atoms with van der Waals surface area (Å²) in [4.78, 5) is 22.1. The van der Waals surface area contributed by atoms with Crippen molar-refractivity contribution in [2.24, 2.45) is 0 Å². The first kappa shape index (κ1) is 14.9. The topological polar surface area (TPSA) is 102 Å². The second kappa shape index (κ2) is 6.69. The van der Waals surface area contributed by atoms with Gasteiger partial charge in [-0.25, -0.2) is 0 Å². The van der Waals surface area contributed by atoms with E-state index in [-0.39, 0.29) is 23.6 Å².